The summed E-state index contributed by atoms with van der Waals surface area (Å²) in [5.41, 5.74) is 2.92. The van der Waals surface area contributed by atoms with Crippen LogP contribution in [0.15, 0.2) is 47.2 Å². The molecule has 2 heterocycles. The van der Waals surface area contributed by atoms with E-state index in [0.29, 0.717) is 18.1 Å². The molecule has 0 radical (unpaired) electrons. The number of hydrogen-bond acceptors (Lipinski definition) is 4. The second kappa shape index (κ2) is 6.58. The first-order valence-electron chi connectivity index (χ1n) is 7.38. The molecule has 3 rings (SSSR count). The van der Waals surface area contributed by atoms with Gasteiger partial charge < -0.3 is 9.73 Å². The van der Waals surface area contributed by atoms with Crippen LogP contribution in [0.25, 0.3) is 5.57 Å². The molecule has 0 spiro atoms. The number of oxazole rings is 1. The van der Waals surface area contributed by atoms with Crippen LogP contribution in [-0.4, -0.2) is 35.5 Å². The number of carbonyl (C=O) groups excluding carboxylic acids is 1. The predicted octanol–water partition coefficient (Wildman–Crippen LogP) is 2.46. The van der Waals surface area contributed by atoms with Gasteiger partial charge in [-0.3, -0.25) is 9.69 Å². The van der Waals surface area contributed by atoms with Crippen LogP contribution >= 0.6 is 0 Å². The van der Waals surface area contributed by atoms with E-state index in [2.05, 4.69) is 21.3 Å². The monoisotopic (exact) mass is 297 g/mol. The van der Waals surface area contributed by atoms with E-state index in [1.165, 1.54) is 0 Å². The minimum atomic E-state index is -0.0359. The average molecular weight is 297 g/mol. The Hall–Kier alpha value is -2.40. The first-order chi connectivity index (χ1) is 10.7. The van der Waals surface area contributed by atoms with Gasteiger partial charge in [0.15, 0.2) is 0 Å². The molecule has 0 bridgehead atoms. The van der Waals surface area contributed by atoms with Gasteiger partial charge in [-0.1, -0.05) is 23.8 Å². The molecule has 0 aliphatic carbocycles. The number of benzene rings is 1. The van der Waals surface area contributed by atoms with E-state index >= 15 is 0 Å². The average Bonchev–Trinajstić information content (AvgIpc) is 3.07. The van der Waals surface area contributed by atoms with Crippen LogP contribution in [0.3, 0.4) is 0 Å². The molecule has 2 aromatic rings. The van der Waals surface area contributed by atoms with Gasteiger partial charge in [0.2, 0.25) is 5.89 Å². The lowest BCUT2D eigenvalue weighted by atomic mass is 10.1. The second-order valence-corrected chi connectivity index (χ2v) is 5.43. The third-order valence-corrected chi connectivity index (χ3v) is 3.74. The molecule has 5 heteroatoms. The van der Waals surface area contributed by atoms with Crippen molar-refractivity contribution in [3.05, 3.63) is 59.8 Å². The van der Waals surface area contributed by atoms with E-state index in [1.807, 2.05) is 31.2 Å². The first-order valence-corrected chi connectivity index (χ1v) is 7.38. The highest BCUT2D eigenvalue weighted by Gasteiger charge is 2.16. The highest BCUT2D eigenvalue weighted by Crippen LogP contribution is 2.20. The lowest BCUT2D eigenvalue weighted by Crippen LogP contribution is -2.39. The van der Waals surface area contributed by atoms with Gasteiger partial charge in [0.05, 0.1) is 12.9 Å². The molecule has 0 unspecified atom stereocenters. The van der Waals surface area contributed by atoms with Gasteiger partial charge in [0, 0.05) is 24.2 Å². The second-order valence-electron chi connectivity index (χ2n) is 5.43. The van der Waals surface area contributed by atoms with Crippen LogP contribution in [0.5, 0.6) is 0 Å². The van der Waals surface area contributed by atoms with Gasteiger partial charge in [0.25, 0.3) is 5.91 Å². The molecule has 1 aliphatic heterocycles. The Balaban J connectivity index is 1.52. The van der Waals surface area contributed by atoms with Crippen LogP contribution in [0, 0.1) is 6.92 Å². The molecule has 1 aromatic carbocycles. The normalized spacial score (nSPS) is 15.4. The minimum absolute atomic E-state index is 0.0359. The molecular weight excluding hydrogens is 278 g/mol. The largest absolute Gasteiger partial charge is 0.445 e. The van der Waals surface area contributed by atoms with E-state index < -0.39 is 0 Å². The van der Waals surface area contributed by atoms with Gasteiger partial charge in [-0.05, 0) is 25.5 Å². The summed E-state index contributed by atoms with van der Waals surface area (Å²) < 4.78 is 5.31. The van der Waals surface area contributed by atoms with E-state index in [4.69, 9.17) is 4.42 Å². The van der Waals surface area contributed by atoms with Crippen LogP contribution in [0.2, 0.25) is 0 Å². The minimum Gasteiger partial charge on any atom is -0.445 e. The number of rotatable bonds is 4. The molecule has 1 aromatic heterocycles. The Bertz CT molecular complexity index is 677. The fraction of sp³-hybridized carbons (Fsp3) is 0.294. The Labute approximate surface area is 129 Å². The van der Waals surface area contributed by atoms with Crippen molar-refractivity contribution in [1.82, 2.24) is 15.2 Å². The van der Waals surface area contributed by atoms with Gasteiger partial charge in [0.1, 0.15) is 6.26 Å². The van der Waals surface area contributed by atoms with Crippen molar-refractivity contribution >= 4 is 11.5 Å². The number of amides is 1. The van der Waals surface area contributed by atoms with Crippen molar-refractivity contribution < 1.29 is 9.21 Å². The standard InChI is InChI=1S/C17H19N3O2/c1-13-3-2-4-15(11-13)16(21)19-12-20-8-5-14(6-9-20)17-18-7-10-22-17/h2-5,7,10-11H,6,8-9,12H2,1H3,(H,19,21). The maximum Gasteiger partial charge on any atom is 0.252 e. The van der Waals surface area contributed by atoms with Crippen molar-refractivity contribution in [2.45, 2.75) is 13.3 Å². The number of hydrogen-bond donors (Lipinski definition) is 1. The summed E-state index contributed by atoms with van der Waals surface area (Å²) in [5.74, 6) is 0.662. The molecule has 22 heavy (non-hydrogen) atoms. The summed E-state index contributed by atoms with van der Waals surface area (Å²) in [4.78, 5) is 18.5. The number of nitrogens with one attached hydrogen (secondary N) is 1. The topological polar surface area (TPSA) is 58.4 Å². The molecule has 1 aliphatic rings. The summed E-state index contributed by atoms with van der Waals surface area (Å²) in [5, 5.41) is 2.96. The Morgan fingerprint density at radius 1 is 1.45 bits per heavy atom. The highest BCUT2D eigenvalue weighted by molar-refractivity contribution is 5.94. The quantitative estimate of drug-likeness (QED) is 0.942. The summed E-state index contributed by atoms with van der Waals surface area (Å²) in [6.07, 6.45) is 6.23. The van der Waals surface area contributed by atoms with Gasteiger partial charge in [-0.25, -0.2) is 4.98 Å². The SMILES string of the molecule is Cc1cccc(C(=O)NCN2CC=C(c3ncco3)CC2)c1. The number of aromatic nitrogens is 1. The summed E-state index contributed by atoms with van der Waals surface area (Å²) in [7, 11) is 0. The summed E-state index contributed by atoms with van der Waals surface area (Å²) in [6.45, 7) is 4.19. The van der Waals surface area contributed by atoms with Crippen molar-refractivity contribution in [2.24, 2.45) is 0 Å². The van der Waals surface area contributed by atoms with E-state index in [9.17, 15) is 4.79 Å². The molecular formula is C17H19N3O2. The zero-order chi connectivity index (χ0) is 15.4. The molecule has 1 amide bonds. The number of carbonyl (C=O) groups is 1. The smallest absolute Gasteiger partial charge is 0.252 e. The fourth-order valence-electron chi connectivity index (χ4n) is 2.50. The van der Waals surface area contributed by atoms with Crippen LogP contribution in [0.1, 0.15) is 28.2 Å². The van der Waals surface area contributed by atoms with Crippen molar-refractivity contribution in [1.29, 1.82) is 0 Å². The van der Waals surface area contributed by atoms with Crippen LogP contribution in [-0.2, 0) is 0 Å². The van der Waals surface area contributed by atoms with E-state index in [0.717, 1.165) is 30.6 Å². The summed E-state index contributed by atoms with van der Waals surface area (Å²) in [6, 6.07) is 7.61. The summed E-state index contributed by atoms with van der Waals surface area (Å²) >= 11 is 0. The molecule has 0 atom stereocenters. The van der Waals surface area contributed by atoms with Crippen molar-refractivity contribution in [3.8, 4) is 0 Å². The molecule has 0 saturated heterocycles. The Kier molecular flexibility index (Phi) is 4.34. The predicted molar refractivity (Wildman–Crippen MR) is 84.2 cm³/mol. The van der Waals surface area contributed by atoms with Gasteiger partial charge in [-0.15, -0.1) is 0 Å². The molecule has 0 saturated carbocycles. The zero-order valence-corrected chi connectivity index (χ0v) is 12.6. The maximum atomic E-state index is 12.1. The molecule has 0 fully saturated rings. The third-order valence-electron chi connectivity index (χ3n) is 3.74. The fourth-order valence-corrected chi connectivity index (χ4v) is 2.50. The molecule has 114 valence electrons. The first kappa shape index (κ1) is 14.5. The highest BCUT2D eigenvalue weighted by atomic mass is 16.3. The lowest BCUT2D eigenvalue weighted by Gasteiger charge is -2.25. The maximum absolute atomic E-state index is 12.1. The Morgan fingerprint density at radius 3 is 3.05 bits per heavy atom. The van der Waals surface area contributed by atoms with E-state index in [1.54, 1.807) is 12.5 Å². The Morgan fingerprint density at radius 2 is 2.36 bits per heavy atom. The van der Waals surface area contributed by atoms with Gasteiger partial charge in [-0.2, -0.15) is 0 Å². The molecule has 1 N–H and O–H groups in total. The van der Waals surface area contributed by atoms with Crippen LogP contribution in [0.4, 0.5) is 0 Å². The number of aryl methyl sites for hydroxylation is 1. The van der Waals surface area contributed by atoms with Gasteiger partial charge >= 0.3 is 0 Å². The van der Waals surface area contributed by atoms with Crippen LogP contribution < -0.4 is 5.32 Å². The third kappa shape index (κ3) is 3.43. The van der Waals surface area contributed by atoms with E-state index in [-0.39, 0.29) is 5.91 Å². The van der Waals surface area contributed by atoms with Crippen molar-refractivity contribution in [2.75, 3.05) is 19.8 Å². The van der Waals surface area contributed by atoms with Crippen molar-refractivity contribution in [3.63, 3.8) is 0 Å². The number of nitrogens with zero attached hydrogens (tertiary/aromatic N) is 2. The zero-order valence-electron chi connectivity index (χ0n) is 12.6. The lowest BCUT2D eigenvalue weighted by molar-refractivity contribution is 0.0926. The molecule has 5 nitrogen and oxygen atoms in total.